The number of hydrogen-bond donors (Lipinski definition) is 1. The summed E-state index contributed by atoms with van der Waals surface area (Å²) in [5, 5.41) is 8.72. The Bertz CT molecular complexity index is 1120. The molecule has 4 heterocycles. The molecule has 0 unspecified atom stereocenters. The van der Waals surface area contributed by atoms with E-state index in [1.165, 1.54) is 11.1 Å². The van der Waals surface area contributed by atoms with Crippen LogP contribution in [-0.2, 0) is 18.2 Å². The number of pyridine rings is 1. The third kappa shape index (κ3) is 2.99. The van der Waals surface area contributed by atoms with Crippen molar-refractivity contribution in [2.75, 3.05) is 18.5 Å². The molecule has 7 heteroatoms. The molecule has 140 valence electrons. The summed E-state index contributed by atoms with van der Waals surface area (Å²) < 4.78 is 7.79. The van der Waals surface area contributed by atoms with Crippen molar-refractivity contribution in [3.8, 4) is 11.4 Å². The van der Waals surface area contributed by atoms with Gasteiger partial charge in [-0.2, -0.15) is 5.10 Å². The Morgan fingerprint density at radius 1 is 1.14 bits per heavy atom. The van der Waals surface area contributed by atoms with E-state index in [1.807, 2.05) is 19.2 Å². The number of nitrogens with zero attached hydrogens (tertiary/aromatic N) is 5. The second kappa shape index (κ2) is 7.01. The minimum Gasteiger partial charge on any atom is -0.371 e. The summed E-state index contributed by atoms with van der Waals surface area (Å²) in [6, 6.07) is 12.3. The van der Waals surface area contributed by atoms with Crippen LogP contribution in [0.2, 0.25) is 0 Å². The first kappa shape index (κ1) is 16.8. The Morgan fingerprint density at radius 2 is 2.00 bits per heavy atom. The maximum atomic E-state index is 6.02. The number of aromatic nitrogens is 5. The van der Waals surface area contributed by atoms with Gasteiger partial charge in [0, 0.05) is 31.5 Å². The zero-order valence-corrected chi connectivity index (χ0v) is 15.5. The van der Waals surface area contributed by atoms with Gasteiger partial charge < -0.3 is 10.1 Å². The molecule has 4 aromatic rings. The van der Waals surface area contributed by atoms with Crippen molar-refractivity contribution in [2.24, 2.45) is 7.05 Å². The third-order valence-electron chi connectivity index (χ3n) is 5.08. The molecular weight excluding hydrogens is 352 g/mol. The number of nitrogens with one attached hydrogen (secondary N) is 1. The molecule has 0 saturated heterocycles. The number of fused-ring (bicyclic) bond motifs is 2. The molecule has 5 rings (SSSR count). The van der Waals surface area contributed by atoms with Gasteiger partial charge in [-0.25, -0.2) is 9.97 Å². The third-order valence-corrected chi connectivity index (χ3v) is 5.08. The van der Waals surface area contributed by atoms with E-state index < -0.39 is 0 Å². The van der Waals surface area contributed by atoms with E-state index in [9.17, 15) is 0 Å². The molecular formula is C21H20N6O. The van der Waals surface area contributed by atoms with Crippen LogP contribution in [0.4, 0.5) is 5.82 Å². The summed E-state index contributed by atoms with van der Waals surface area (Å²) >= 11 is 0. The van der Waals surface area contributed by atoms with Gasteiger partial charge in [-0.1, -0.05) is 24.3 Å². The van der Waals surface area contributed by atoms with Crippen molar-refractivity contribution in [1.29, 1.82) is 0 Å². The lowest BCUT2D eigenvalue weighted by Gasteiger charge is -2.26. The van der Waals surface area contributed by atoms with Crippen molar-refractivity contribution in [3.05, 3.63) is 66.1 Å². The summed E-state index contributed by atoms with van der Waals surface area (Å²) in [5.41, 5.74) is 4.30. The number of benzene rings is 1. The SMILES string of the molecule is Cn1ncc2c(NC[C@H]3OCCc4ccccc43)nc(-c3ccncc3)nc21. The molecule has 1 atom stereocenters. The molecule has 0 amide bonds. The van der Waals surface area contributed by atoms with E-state index in [-0.39, 0.29) is 6.10 Å². The zero-order chi connectivity index (χ0) is 18.9. The van der Waals surface area contributed by atoms with Crippen LogP contribution in [0.3, 0.4) is 0 Å². The molecule has 0 bridgehead atoms. The summed E-state index contributed by atoms with van der Waals surface area (Å²) in [6.07, 6.45) is 6.23. The van der Waals surface area contributed by atoms with Crippen LogP contribution >= 0.6 is 0 Å². The van der Waals surface area contributed by atoms with E-state index in [2.05, 4.69) is 44.6 Å². The maximum absolute atomic E-state index is 6.02. The maximum Gasteiger partial charge on any atom is 0.164 e. The summed E-state index contributed by atoms with van der Waals surface area (Å²) in [7, 11) is 1.88. The molecule has 0 spiro atoms. The van der Waals surface area contributed by atoms with Crippen LogP contribution in [0.5, 0.6) is 0 Å². The van der Waals surface area contributed by atoms with Crippen LogP contribution in [0.1, 0.15) is 17.2 Å². The van der Waals surface area contributed by atoms with Gasteiger partial charge in [0.05, 0.1) is 24.3 Å². The van der Waals surface area contributed by atoms with Crippen LogP contribution in [0.25, 0.3) is 22.4 Å². The van der Waals surface area contributed by atoms with E-state index in [0.29, 0.717) is 12.4 Å². The second-order valence-electron chi connectivity index (χ2n) is 6.83. The summed E-state index contributed by atoms with van der Waals surface area (Å²) in [5.74, 6) is 1.41. The van der Waals surface area contributed by atoms with Gasteiger partial charge in [0.2, 0.25) is 0 Å². The Hall–Kier alpha value is -3.32. The Morgan fingerprint density at radius 3 is 2.89 bits per heavy atom. The fraction of sp³-hybridized carbons (Fsp3) is 0.238. The predicted molar refractivity (Wildman–Crippen MR) is 107 cm³/mol. The highest BCUT2D eigenvalue weighted by Gasteiger charge is 2.21. The number of aryl methyl sites for hydroxylation is 1. The lowest BCUT2D eigenvalue weighted by atomic mass is 9.97. The molecule has 1 N–H and O–H groups in total. The van der Waals surface area contributed by atoms with Crippen molar-refractivity contribution in [3.63, 3.8) is 0 Å². The number of hydrogen-bond acceptors (Lipinski definition) is 6. The lowest BCUT2D eigenvalue weighted by Crippen LogP contribution is -2.23. The second-order valence-corrected chi connectivity index (χ2v) is 6.83. The van der Waals surface area contributed by atoms with E-state index in [1.54, 1.807) is 23.3 Å². The van der Waals surface area contributed by atoms with Crippen LogP contribution in [0, 0.1) is 0 Å². The van der Waals surface area contributed by atoms with Gasteiger partial charge in [0.1, 0.15) is 5.82 Å². The molecule has 0 saturated carbocycles. The fourth-order valence-electron chi connectivity index (χ4n) is 3.62. The molecule has 1 aliphatic rings. The highest BCUT2D eigenvalue weighted by atomic mass is 16.5. The van der Waals surface area contributed by atoms with Gasteiger partial charge in [-0.15, -0.1) is 0 Å². The molecule has 3 aromatic heterocycles. The summed E-state index contributed by atoms with van der Waals surface area (Å²) in [4.78, 5) is 13.5. The predicted octanol–water partition coefficient (Wildman–Crippen LogP) is 3.15. The van der Waals surface area contributed by atoms with Crippen molar-refractivity contribution < 1.29 is 4.74 Å². The Labute approximate surface area is 162 Å². The standard InChI is InChI=1S/C21H20N6O/c1-27-21-17(12-24-27)20(25-19(26-21)15-6-9-22-10-7-15)23-13-18-16-5-3-2-4-14(16)8-11-28-18/h2-7,9-10,12,18H,8,11,13H2,1H3,(H,23,25,26)/t18-/m1/s1. The highest BCUT2D eigenvalue weighted by molar-refractivity contribution is 5.88. The molecule has 0 radical (unpaired) electrons. The minimum absolute atomic E-state index is 0.00369. The van der Waals surface area contributed by atoms with Gasteiger partial charge in [-0.05, 0) is 29.7 Å². The van der Waals surface area contributed by atoms with Gasteiger partial charge in [0.15, 0.2) is 11.5 Å². The molecule has 0 aliphatic carbocycles. The molecule has 7 nitrogen and oxygen atoms in total. The van der Waals surface area contributed by atoms with Gasteiger partial charge >= 0.3 is 0 Å². The van der Waals surface area contributed by atoms with Crippen LogP contribution in [-0.4, -0.2) is 37.9 Å². The monoisotopic (exact) mass is 372 g/mol. The lowest BCUT2D eigenvalue weighted by molar-refractivity contribution is 0.0513. The fourth-order valence-corrected chi connectivity index (χ4v) is 3.62. The normalized spacial score (nSPS) is 16.1. The largest absolute Gasteiger partial charge is 0.371 e. The smallest absolute Gasteiger partial charge is 0.164 e. The van der Waals surface area contributed by atoms with Gasteiger partial charge in [-0.3, -0.25) is 9.67 Å². The van der Waals surface area contributed by atoms with Gasteiger partial charge in [0.25, 0.3) is 0 Å². The van der Waals surface area contributed by atoms with Crippen LogP contribution < -0.4 is 5.32 Å². The first-order chi connectivity index (χ1) is 13.8. The topological polar surface area (TPSA) is 77.8 Å². The van der Waals surface area contributed by atoms with E-state index in [4.69, 9.17) is 9.72 Å². The van der Waals surface area contributed by atoms with Crippen LogP contribution in [0.15, 0.2) is 55.0 Å². The first-order valence-corrected chi connectivity index (χ1v) is 9.33. The van der Waals surface area contributed by atoms with Crippen molar-refractivity contribution >= 4 is 16.9 Å². The zero-order valence-electron chi connectivity index (χ0n) is 15.5. The highest BCUT2D eigenvalue weighted by Crippen LogP contribution is 2.29. The number of anilines is 1. The van der Waals surface area contributed by atoms with E-state index in [0.717, 1.165) is 35.4 Å². The average molecular weight is 372 g/mol. The molecule has 0 fully saturated rings. The van der Waals surface area contributed by atoms with Crippen molar-refractivity contribution in [2.45, 2.75) is 12.5 Å². The summed E-state index contributed by atoms with van der Waals surface area (Å²) in [6.45, 7) is 1.37. The minimum atomic E-state index is -0.00369. The Kier molecular flexibility index (Phi) is 4.21. The average Bonchev–Trinajstić information content (AvgIpc) is 3.13. The van der Waals surface area contributed by atoms with Crippen molar-refractivity contribution in [1.82, 2.24) is 24.7 Å². The molecule has 1 aliphatic heterocycles. The van der Waals surface area contributed by atoms with E-state index >= 15 is 0 Å². The Balaban J connectivity index is 1.49. The number of ether oxygens (including phenoxy) is 1. The number of rotatable bonds is 4. The quantitative estimate of drug-likeness (QED) is 0.593. The molecule has 1 aromatic carbocycles. The first-order valence-electron chi connectivity index (χ1n) is 9.33. The molecule has 28 heavy (non-hydrogen) atoms.